The average Bonchev–Trinajstić information content (AvgIpc) is 1.28. The summed E-state index contributed by atoms with van der Waals surface area (Å²) in [5, 5.41) is 209. The maximum Gasteiger partial charge on any atom is 0.187 e. The lowest BCUT2D eigenvalue weighted by Gasteiger charge is -2.70. The van der Waals surface area contributed by atoms with Gasteiger partial charge < -0.3 is 154 Å². The maximum absolute atomic E-state index is 14.9. The summed E-state index contributed by atoms with van der Waals surface area (Å²) < 4.78 is 73.3. The smallest absolute Gasteiger partial charge is 0.187 e. The normalized spacial score (nSPS) is 52.3. The van der Waals surface area contributed by atoms with E-state index in [1.165, 1.54) is 6.92 Å². The molecule has 0 radical (unpaired) electrons. The summed E-state index contributed by atoms with van der Waals surface area (Å²) in [5.41, 5.74) is -3.84. The summed E-state index contributed by atoms with van der Waals surface area (Å²) in [6.07, 6.45) is -45.6. The summed E-state index contributed by atoms with van der Waals surface area (Å²) in [6, 6.07) is 0. The molecule has 10 fully saturated rings. The molecule has 4 aliphatic carbocycles. The number of allylic oxidation sites excluding steroid dienone is 1. The Labute approximate surface area is 556 Å². The molecule has 6 aliphatic heterocycles. The molecule has 19 N–H and O–H groups in total. The summed E-state index contributed by atoms with van der Waals surface area (Å²) in [7, 11) is 0. The molecule has 0 bridgehead atoms. The van der Waals surface area contributed by atoms with Crippen LogP contribution in [0.5, 0.6) is 0 Å². The second-order valence-corrected chi connectivity index (χ2v) is 30.4. The van der Waals surface area contributed by atoms with Crippen LogP contribution in [0, 0.1) is 45.3 Å². The lowest BCUT2D eigenvalue weighted by molar-refractivity contribution is -0.401. The fourth-order valence-corrected chi connectivity index (χ4v) is 18.6. The van der Waals surface area contributed by atoms with Crippen LogP contribution in [0.2, 0.25) is 0 Å². The molecule has 0 aromatic heterocycles. The maximum atomic E-state index is 14.9. The number of rotatable bonds is 20. The van der Waals surface area contributed by atoms with Crippen LogP contribution in [-0.2, 0) is 61.6 Å². The number of fused-ring (bicyclic) bond motifs is 5. The molecule has 554 valence electrons. The Bertz CT molecular complexity index is 2620. The van der Waals surface area contributed by atoms with Crippen molar-refractivity contribution >= 4 is 5.78 Å². The van der Waals surface area contributed by atoms with Gasteiger partial charge in [-0.2, -0.15) is 0 Å². The number of carbonyl (C=O) groups is 1. The van der Waals surface area contributed by atoms with E-state index in [2.05, 4.69) is 27.7 Å². The van der Waals surface area contributed by atoms with Crippen molar-refractivity contribution in [1.82, 2.24) is 0 Å². The first-order valence-electron chi connectivity index (χ1n) is 33.7. The molecule has 32 nitrogen and oxygen atoms in total. The third-order valence-electron chi connectivity index (χ3n) is 23.8. The van der Waals surface area contributed by atoms with Crippen molar-refractivity contribution in [2.75, 3.05) is 39.6 Å². The quantitative estimate of drug-likeness (QED) is 0.0398. The van der Waals surface area contributed by atoms with E-state index in [9.17, 15) is 102 Å². The molecule has 4 saturated carbocycles. The van der Waals surface area contributed by atoms with Crippen molar-refractivity contribution in [3.05, 3.63) is 11.6 Å². The molecular weight excluding hydrogens is 1280 g/mol. The van der Waals surface area contributed by atoms with Gasteiger partial charge in [0.25, 0.3) is 0 Å². The van der Waals surface area contributed by atoms with Gasteiger partial charge in [-0.1, -0.05) is 39.3 Å². The molecule has 10 aliphatic rings. The number of ketones is 1. The van der Waals surface area contributed by atoms with Crippen LogP contribution in [0.4, 0.5) is 0 Å². The fraction of sp³-hybridized carbons (Fsp3) is 0.953. The van der Waals surface area contributed by atoms with E-state index in [0.717, 1.165) is 5.57 Å². The van der Waals surface area contributed by atoms with Gasteiger partial charge in [0, 0.05) is 30.8 Å². The van der Waals surface area contributed by atoms with Crippen LogP contribution in [0.3, 0.4) is 0 Å². The van der Waals surface area contributed by atoms with Crippen LogP contribution in [-0.4, -0.2) is 332 Å². The lowest BCUT2D eigenvalue weighted by Crippen LogP contribution is -2.67. The van der Waals surface area contributed by atoms with Gasteiger partial charge in [0.05, 0.1) is 56.9 Å². The number of carbonyl (C=O) groups excluding carboxylic acids is 1. The van der Waals surface area contributed by atoms with Crippen molar-refractivity contribution < 1.29 is 159 Å². The Hall–Kier alpha value is -1.83. The zero-order valence-corrected chi connectivity index (χ0v) is 55.4. The number of Topliss-reactive ketones (excluding diaryl/α,β-unsaturated/α-hetero) is 1. The molecule has 96 heavy (non-hydrogen) atoms. The summed E-state index contributed by atoms with van der Waals surface area (Å²) >= 11 is 0. The highest BCUT2D eigenvalue weighted by Gasteiger charge is 2.73. The third-order valence-corrected chi connectivity index (χ3v) is 23.8. The molecule has 0 amide bonds. The molecule has 10 rings (SSSR count). The highest BCUT2D eigenvalue weighted by molar-refractivity contribution is 5.86. The van der Waals surface area contributed by atoms with Crippen LogP contribution in [0.25, 0.3) is 0 Å². The predicted molar refractivity (Wildman–Crippen MR) is 320 cm³/mol. The Morgan fingerprint density at radius 2 is 1.11 bits per heavy atom. The van der Waals surface area contributed by atoms with Crippen molar-refractivity contribution in [3.63, 3.8) is 0 Å². The molecule has 38 atom stereocenters. The monoisotopic (exact) mass is 1390 g/mol. The SMILES string of the molecule is CC(C)=CC(CC(C)(O)C1C(=O)CC2(CO)C1CCC1C3(C)CCC(OC4OCC(O)C(OC5OC(COC6OC(CO)C(O)C(O)C6O)C(O)C(O)C5OC5OCC(O)C(O)C5O)C4OC4OC(C)C(O)C(O)C4O)C(C)(C)C3CCC12C)OC1OC(CO)C(O)C(O)C1O. The zero-order chi connectivity index (χ0) is 70.4. The van der Waals surface area contributed by atoms with E-state index in [1.54, 1.807) is 26.8 Å². The standard InChI is InChI=1S/C64H106O32/c1-24(2)15-26(89-57-50(83)45(78)41(74)32(19-66)91-57)16-63(8,84)37-27-9-10-35-61(6)13-12-36(60(4,5)34(61)11-14-62(35,7)64(27,23-67)17-28(37)68)93-58-53(96-56-49(82)43(76)38(71)25(3)88-56)51(30(70)21-86-58)94-59-52(95-55-47(80)39(72)29(69)20-85-55)46(79)42(75)33(92-59)22-87-54-48(81)44(77)40(73)31(18-65)90-54/h15,25-27,29-59,65-67,69-84H,9-14,16-23H2,1-8H3. The van der Waals surface area contributed by atoms with Crippen molar-refractivity contribution in [3.8, 4) is 0 Å². The first-order valence-corrected chi connectivity index (χ1v) is 33.7. The van der Waals surface area contributed by atoms with E-state index in [4.69, 9.17) is 56.8 Å². The Kier molecular flexibility index (Phi) is 23.8. The van der Waals surface area contributed by atoms with Gasteiger partial charge >= 0.3 is 0 Å². The molecule has 0 aromatic carbocycles. The number of aliphatic hydroxyl groups is 19. The number of ether oxygens (including phenoxy) is 12. The second kappa shape index (κ2) is 29.7. The van der Waals surface area contributed by atoms with Crippen LogP contribution in [0.15, 0.2) is 11.6 Å². The molecule has 32 heteroatoms. The first-order chi connectivity index (χ1) is 45.0. The van der Waals surface area contributed by atoms with Crippen molar-refractivity contribution in [2.45, 2.75) is 297 Å². The van der Waals surface area contributed by atoms with Crippen molar-refractivity contribution in [1.29, 1.82) is 0 Å². The highest BCUT2D eigenvalue weighted by Crippen LogP contribution is 2.75. The van der Waals surface area contributed by atoms with E-state index in [-0.39, 0.29) is 37.1 Å². The summed E-state index contributed by atoms with van der Waals surface area (Å²) in [4.78, 5) is 14.9. The molecule has 0 spiro atoms. The second-order valence-electron chi connectivity index (χ2n) is 30.4. The molecule has 0 aromatic rings. The van der Waals surface area contributed by atoms with E-state index >= 15 is 0 Å². The lowest BCUT2D eigenvalue weighted by atomic mass is 9.35. The molecule has 38 unspecified atom stereocenters. The topological polar surface area (TPSA) is 512 Å². The largest absolute Gasteiger partial charge is 0.396 e. The molecule has 6 heterocycles. The number of aliphatic hydroxyl groups excluding tert-OH is 18. The highest BCUT2D eigenvalue weighted by atomic mass is 16.8. The third kappa shape index (κ3) is 14.0. The van der Waals surface area contributed by atoms with E-state index < -0.39 is 256 Å². The van der Waals surface area contributed by atoms with Crippen LogP contribution < -0.4 is 0 Å². The van der Waals surface area contributed by atoms with Gasteiger partial charge in [-0.25, -0.2) is 0 Å². The first kappa shape index (κ1) is 76.8. The zero-order valence-electron chi connectivity index (χ0n) is 55.4. The summed E-state index contributed by atoms with van der Waals surface area (Å²) in [5.74, 6) is -1.86. The number of hydrogen-bond donors (Lipinski definition) is 19. The predicted octanol–water partition coefficient (Wildman–Crippen LogP) is -6.10. The number of hydrogen-bond acceptors (Lipinski definition) is 32. The average molecular weight is 1390 g/mol. The van der Waals surface area contributed by atoms with Gasteiger partial charge in [-0.05, 0) is 100 Å². The summed E-state index contributed by atoms with van der Waals surface area (Å²) in [6.45, 7) is 11.3. The Morgan fingerprint density at radius 1 is 0.562 bits per heavy atom. The van der Waals surface area contributed by atoms with E-state index in [0.29, 0.717) is 38.5 Å². The Morgan fingerprint density at radius 3 is 1.75 bits per heavy atom. The van der Waals surface area contributed by atoms with Gasteiger partial charge in [0.15, 0.2) is 37.7 Å². The minimum atomic E-state index is -2.10. The van der Waals surface area contributed by atoms with Crippen LogP contribution >= 0.6 is 0 Å². The molecular formula is C64H106O32. The minimum Gasteiger partial charge on any atom is -0.396 e. The van der Waals surface area contributed by atoms with Gasteiger partial charge in [-0.3, -0.25) is 4.79 Å². The van der Waals surface area contributed by atoms with Gasteiger partial charge in [0.1, 0.15) is 134 Å². The van der Waals surface area contributed by atoms with Crippen LogP contribution in [0.1, 0.15) is 107 Å². The molecule has 6 saturated heterocycles. The van der Waals surface area contributed by atoms with Crippen molar-refractivity contribution in [2.24, 2.45) is 45.3 Å². The van der Waals surface area contributed by atoms with Gasteiger partial charge in [0.2, 0.25) is 0 Å². The van der Waals surface area contributed by atoms with E-state index in [1.807, 2.05) is 0 Å². The Balaban J connectivity index is 0.906. The van der Waals surface area contributed by atoms with Gasteiger partial charge in [-0.15, -0.1) is 0 Å². The minimum absolute atomic E-state index is 0.0130. The fourth-order valence-electron chi connectivity index (χ4n) is 18.6.